The molecule has 0 aromatic rings. The zero-order chi connectivity index (χ0) is 27.9. The predicted molar refractivity (Wildman–Crippen MR) is 162 cm³/mol. The van der Waals surface area contributed by atoms with Crippen LogP contribution >= 0.6 is 0 Å². The largest absolute Gasteiger partial charge is 0.481 e. The van der Waals surface area contributed by atoms with Crippen LogP contribution in [-0.2, 0) is 14.3 Å². The highest BCUT2D eigenvalue weighted by molar-refractivity contribution is 5.69. The Bertz CT molecular complexity index is 620. The normalized spacial score (nSPS) is 12.7. The molecule has 0 aliphatic heterocycles. The van der Waals surface area contributed by atoms with Gasteiger partial charge in [0.25, 0.3) is 0 Å². The number of carbonyl (C=O) groups excluding carboxylic acids is 1. The summed E-state index contributed by atoms with van der Waals surface area (Å²) in [5.74, 6) is -0.773. The Morgan fingerprint density at radius 3 is 1.79 bits per heavy atom. The van der Waals surface area contributed by atoms with Crippen LogP contribution in [0.1, 0.15) is 162 Å². The van der Waals surface area contributed by atoms with E-state index in [1.54, 1.807) is 0 Å². The van der Waals surface area contributed by atoms with Crippen LogP contribution in [-0.4, -0.2) is 23.1 Å². The molecule has 0 bridgehead atoms. The first kappa shape index (κ1) is 36.2. The van der Waals surface area contributed by atoms with Crippen LogP contribution < -0.4 is 0 Å². The van der Waals surface area contributed by atoms with Crippen molar-refractivity contribution < 1.29 is 19.4 Å². The van der Waals surface area contributed by atoms with Crippen molar-refractivity contribution in [2.75, 3.05) is 0 Å². The molecule has 0 amide bonds. The van der Waals surface area contributed by atoms with Gasteiger partial charge in [0.05, 0.1) is 0 Å². The van der Waals surface area contributed by atoms with Crippen molar-refractivity contribution in [2.24, 2.45) is 0 Å². The topological polar surface area (TPSA) is 63.6 Å². The first-order valence-corrected chi connectivity index (χ1v) is 16.0. The number of allylic oxidation sites excluding steroid dienone is 5. The van der Waals surface area contributed by atoms with Crippen molar-refractivity contribution >= 4 is 11.9 Å². The summed E-state index contributed by atoms with van der Waals surface area (Å²) < 4.78 is 5.85. The number of ether oxygens (including phenoxy) is 1. The lowest BCUT2D eigenvalue weighted by Gasteiger charge is -2.14. The highest BCUT2D eigenvalue weighted by atomic mass is 16.5. The first-order chi connectivity index (χ1) is 18.6. The quantitative estimate of drug-likeness (QED) is 0.0618. The number of carbonyl (C=O) groups is 2. The van der Waals surface area contributed by atoms with Gasteiger partial charge in [-0.2, -0.15) is 0 Å². The monoisotopic (exact) mass is 532 g/mol. The molecule has 38 heavy (non-hydrogen) atoms. The van der Waals surface area contributed by atoms with Gasteiger partial charge in [0.2, 0.25) is 0 Å². The third-order valence-electron chi connectivity index (χ3n) is 6.82. The second-order valence-electron chi connectivity index (χ2n) is 10.6. The highest BCUT2D eigenvalue weighted by Gasteiger charge is 2.11. The molecular weight excluding hydrogens is 472 g/mol. The lowest BCUT2D eigenvalue weighted by atomic mass is 10.1. The van der Waals surface area contributed by atoms with Crippen LogP contribution in [0, 0.1) is 0 Å². The van der Waals surface area contributed by atoms with E-state index in [0.29, 0.717) is 6.42 Å². The number of aliphatic carboxylic acids is 1. The standard InChI is InChI=1S/C34H60O4/c1-3-5-7-9-11-13-14-15-17-23-27-31-34(37)38-32(28-24-20-16-12-10-8-6-4-2)29-25-21-18-19-22-26-30-33(35)36/h9,11-12,16,24,28,32H,3-8,10,13-15,17-23,25-27,29-31H2,1-2H3,(H,35,36)/b11-9-,16-12-,28-24-. The molecule has 0 aromatic carbocycles. The number of unbranched alkanes of at least 4 members (excludes halogenated alkanes) is 15. The Balaban J connectivity index is 4.20. The molecule has 0 fully saturated rings. The zero-order valence-electron chi connectivity index (χ0n) is 25.0. The number of carboxylic acids is 1. The molecule has 0 aliphatic carbocycles. The Labute approximate surface area is 235 Å². The maximum absolute atomic E-state index is 12.5. The average Bonchev–Trinajstić information content (AvgIpc) is 2.89. The lowest BCUT2D eigenvalue weighted by molar-refractivity contribution is -0.147. The summed E-state index contributed by atoms with van der Waals surface area (Å²) in [6.45, 7) is 4.45. The van der Waals surface area contributed by atoms with E-state index in [1.807, 2.05) is 0 Å². The summed E-state index contributed by atoms with van der Waals surface area (Å²) >= 11 is 0. The van der Waals surface area contributed by atoms with Crippen LogP contribution in [0.5, 0.6) is 0 Å². The van der Waals surface area contributed by atoms with Gasteiger partial charge < -0.3 is 9.84 Å². The fraction of sp³-hybridized carbons (Fsp3) is 0.765. The van der Waals surface area contributed by atoms with E-state index in [-0.39, 0.29) is 18.5 Å². The van der Waals surface area contributed by atoms with E-state index < -0.39 is 5.97 Å². The molecule has 4 nitrogen and oxygen atoms in total. The zero-order valence-corrected chi connectivity index (χ0v) is 25.0. The van der Waals surface area contributed by atoms with Crippen molar-refractivity contribution in [1.29, 1.82) is 0 Å². The Morgan fingerprint density at radius 1 is 0.605 bits per heavy atom. The Morgan fingerprint density at radius 2 is 1.13 bits per heavy atom. The van der Waals surface area contributed by atoms with Crippen LogP contribution in [0.3, 0.4) is 0 Å². The number of hydrogen-bond acceptors (Lipinski definition) is 3. The lowest BCUT2D eigenvalue weighted by Crippen LogP contribution is -2.16. The van der Waals surface area contributed by atoms with Crippen LogP contribution in [0.4, 0.5) is 0 Å². The summed E-state index contributed by atoms with van der Waals surface area (Å²) in [5.41, 5.74) is 0. The fourth-order valence-electron chi connectivity index (χ4n) is 4.41. The molecule has 4 heteroatoms. The third kappa shape index (κ3) is 28.7. The van der Waals surface area contributed by atoms with E-state index in [1.165, 1.54) is 64.2 Å². The first-order valence-electron chi connectivity index (χ1n) is 16.0. The van der Waals surface area contributed by atoms with E-state index in [9.17, 15) is 9.59 Å². The average molecular weight is 533 g/mol. The fourth-order valence-corrected chi connectivity index (χ4v) is 4.41. The van der Waals surface area contributed by atoms with Crippen molar-refractivity contribution in [3.05, 3.63) is 36.5 Å². The third-order valence-corrected chi connectivity index (χ3v) is 6.82. The van der Waals surface area contributed by atoms with E-state index in [0.717, 1.165) is 70.6 Å². The van der Waals surface area contributed by atoms with Gasteiger partial charge >= 0.3 is 11.9 Å². The van der Waals surface area contributed by atoms with Gasteiger partial charge in [-0.1, -0.05) is 115 Å². The maximum atomic E-state index is 12.5. The smallest absolute Gasteiger partial charge is 0.306 e. The summed E-state index contributed by atoms with van der Waals surface area (Å²) in [6, 6.07) is 0. The molecule has 0 aromatic heterocycles. The van der Waals surface area contributed by atoms with Gasteiger partial charge in [-0.25, -0.2) is 0 Å². The second kappa shape index (κ2) is 29.7. The minimum Gasteiger partial charge on any atom is -0.481 e. The second-order valence-corrected chi connectivity index (χ2v) is 10.6. The summed E-state index contributed by atoms with van der Waals surface area (Å²) in [7, 11) is 0. The van der Waals surface area contributed by atoms with Crippen LogP contribution in [0.2, 0.25) is 0 Å². The Hall–Kier alpha value is -1.84. The van der Waals surface area contributed by atoms with Gasteiger partial charge in [0.15, 0.2) is 0 Å². The molecule has 0 rings (SSSR count). The molecule has 0 saturated heterocycles. The molecule has 1 N–H and O–H groups in total. The highest BCUT2D eigenvalue weighted by Crippen LogP contribution is 2.15. The molecule has 0 aliphatic rings. The van der Waals surface area contributed by atoms with Crippen molar-refractivity contribution in [2.45, 2.75) is 168 Å². The summed E-state index contributed by atoms with van der Waals surface area (Å²) in [4.78, 5) is 23.1. The van der Waals surface area contributed by atoms with Gasteiger partial charge in [0, 0.05) is 12.8 Å². The SMILES string of the molecule is CCCC/C=C\CCCCCCCC(=O)OC(/C=C\C/C=C\CCCCC)CCCCCCCCC(=O)O. The molecule has 0 heterocycles. The van der Waals surface area contributed by atoms with E-state index in [2.05, 4.69) is 50.3 Å². The van der Waals surface area contributed by atoms with Crippen LogP contribution in [0.15, 0.2) is 36.5 Å². The van der Waals surface area contributed by atoms with Gasteiger partial charge in [0.1, 0.15) is 6.10 Å². The molecular formula is C34H60O4. The molecule has 0 saturated carbocycles. The summed E-state index contributed by atoms with van der Waals surface area (Å²) in [5, 5.41) is 8.73. The number of hydrogen-bond donors (Lipinski definition) is 1. The molecule has 1 unspecified atom stereocenters. The van der Waals surface area contributed by atoms with Gasteiger partial charge in [-0.05, 0) is 70.3 Å². The summed E-state index contributed by atoms with van der Waals surface area (Å²) in [6.07, 6.45) is 37.3. The number of carboxylic acid groups (broad SMARTS) is 1. The van der Waals surface area contributed by atoms with Crippen molar-refractivity contribution in [1.82, 2.24) is 0 Å². The minimum atomic E-state index is -0.706. The molecule has 220 valence electrons. The number of rotatable bonds is 28. The molecule has 0 radical (unpaired) electrons. The van der Waals surface area contributed by atoms with E-state index in [4.69, 9.17) is 9.84 Å². The van der Waals surface area contributed by atoms with Crippen molar-refractivity contribution in [3.63, 3.8) is 0 Å². The minimum absolute atomic E-state index is 0.0673. The number of esters is 1. The van der Waals surface area contributed by atoms with Crippen molar-refractivity contribution in [3.8, 4) is 0 Å². The van der Waals surface area contributed by atoms with Crippen LogP contribution in [0.25, 0.3) is 0 Å². The predicted octanol–water partition coefficient (Wildman–Crippen LogP) is 10.7. The Kier molecular flexibility index (Phi) is 28.3. The van der Waals surface area contributed by atoms with Gasteiger partial charge in [-0.15, -0.1) is 0 Å². The molecule has 1 atom stereocenters. The van der Waals surface area contributed by atoms with Gasteiger partial charge in [-0.3, -0.25) is 9.59 Å². The maximum Gasteiger partial charge on any atom is 0.306 e. The van der Waals surface area contributed by atoms with E-state index >= 15 is 0 Å². The molecule has 0 spiro atoms.